The van der Waals surface area contributed by atoms with E-state index in [1.165, 1.54) is 4.31 Å². The van der Waals surface area contributed by atoms with E-state index in [0.717, 1.165) is 18.4 Å². The van der Waals surface area contributed by atoms with Gasteiger partial charge in [0.25, 0.3) is 0 Å². The second-order valence-electron chi connectivity index (χ2n) is 4.44. The van der Waals surface area contributed by atoms with E-state index in [1.807, 2.05) is 19.9 Å². The van der Waals surface area contributed by atoms with Crippen molar-refractivity contribution in [2.24, 2.45) is 0 Å². The van der Waals surface area contributed by atoms with Crippen LogP contribution in [0.25, 0.3) is 0 Å². The van der Waals surface area contributed by atoms with Gasteiger partial charge in [-0.25, -0.2) is 8.42 Å². The normalized spacial score (nSPS) is 13.8. The smallest absolute Gasteiger partial charge is 0.207 e. The van der Waals surface area contributed by atoms with Crippen LogP contribution in [0.1, 0.15) is 32.3 Å². The zero-order valence-corrected chi connectivity index (χ0v) is 12.6. The number of rotatable bonds is 6. The molecule has 0 aliphatic carbocycles. The van der Waals surface area contributed by atoms with Gasteiger partial charge in [-0.05, 0) is 31.0 Å². The first-order chi connectivity index (χ1) is 8.43. The molecule has 18 heavy (non-hydrogen) atoms. The minimum Gasteiger partial charge on any atom is -0.207 e. The van der Waals surface area contributed by atoms with Crippen LogP contribution in [0.15, 0.2) is 29.2 Å². The predicted molar refractivity (Wildman–Crippen MR) is 75.3 cm³/mol. The fourth-order valence-corrected chi connectivity index (χ4v) is 3.42. The van der Waals surface area contributed by atoms with Crippen molar-refractivity contribution < 1.29 is 8.42 Å². The molecule has 1 rings (SSSR count). The highest BCUT2D eigenvalue weighted by Crippen LogP contribution is 2.20. The first kappa shape index (κ1) is 15.5. The number of halogens is 1. The Balaban J connectivity index is 3.05. The molecule has 0 heterocycles. The summed E-state index contributed by atoms with van der Waals surface area (Å²) >= 11 is 5.73. The van der Waals surface area contributed by atoms with Gasteiger partial charge < -0.3 is 0 Å². The molecule has 0 saturated carbocycles. The molecule has 0 aliphatic rings. The van der Waals surface area contributed by atoms with Crippen LogP contribution < -0.4 is 0 Å². The lowest BCUT2D eigenvalue weighted by molar-refractivity contribution is 0.368. The van der Waals surface area contributed by atoms with Crippen molar-refractivity contribution in [3.63, 3.8) is 0 Å². The van der Waals surface area contributed by atoms with E-state index in [2.05, 4.69) is 0 Å². The predicted octanol–water partition coefficient (Wildman–Crippen LogP) is 3.23. The highest BCUT2D eigenvalue weighted by Gasteiger charge is 2.24. The van der Waals surface area contributed by atoms with Crippen LogP contribution in [-0.2, 0) is 15.9 Å². The van der Waals surface area contributed by atoms with Crippen molar-refractivity contribution in [2.45, 2.75) is 43.5 Å². The SMILES string of the molecule is CCCC(C)N(C)S(=O)(=O)c1cccc(CCl)c1. The summed E-state index contributed by atoms with van der Waals surface area (Å²) < 4.78 is 26.2. The molecule has 0 spiro atoms. The third-order valence-corrected chi connectivity index (χ3v) is 5.33. The zero-order valence-electron chi connectivity index (χ0n) is 11.1. The minimum absolute atomic E-state index is 0.000317. The highest BCUT2D eigenvalue weighted by molar-refractivity contribution is 7.89. The fourth-order valence-electron chi connectivity index (χ4n) is 1.79. The minimum atomic E-state index is -3.42. The number of hydrogen-bond donors (Lipinski definition) is 0. The second-order valence-corrected chi connectivity index (χ2v) is 6.70. The molecular weight excluding hydrogens is 270 g/mol. The standard InChI is InChI=1S/C13H20ClNO2S/c1-4-6-11(2)15(3)18(16,17)13-8-5-7-12(9-13)10-14/h5,7-9,11H,4,6,10H2,1-3H3. The molecule has 3 nitrogen and oxygen atoms in total. The van der Waals surface area contributed by atoms with Crippen molar-refractivity contribution in [1.29, 1.82) is 0 Å². The van der Waals surface area contributed by atoms with Gasteiger partial charge in [0.1, 0.15) is 0 Å². The molecule has 0 aromatic heterocycles. The Kier molecular flexibility index (Phi) is 5.63. The van der Waals surface area contributed by atoms with Crippen LogP contribution in [-0.4, -0.2) is 25.8 Å². The summed E-state index contributed by atoms with van der Waals surface area (Å²) in [5.74, 6) is 0.317. The quantitative estimate of drug-likeness (QED) is 0.754. The number of alkyl halides is 1. The van der Waals surface area contributed by atoms with Crippen LogP contribution >= 0.6 is 11.6 Å². The summed E-state index contributed by atoms with van der Waals surface area (Å²) in [5.41, 5.74) is 0.814. The summed E-state index contributed by atoms with van der Waals surface area (Å²) in [6, 6.07) is 6.79. The van der Waals surface area contributed by atoms with Gasteiger partial charge in [0, 0.05) is 19.0 Å². The van der Waals surface area contributed by atoms with Crippen LogP contribution in [0, 0.1) is 0 Å². The maximum Gasteiger partial charge on any atom is 0.243 e. The molecule has 1 unspecified atom stereocenters. The Morgan fingerprint density at radius 1 is 1.39 bits per heavy atom. The molecule has 0 N–H and O–H groups in total. The van der Waals surface area contributed by atoms with Crippen molar-refractivity contribution in [2.75, 3.05) is 7.05 Å². The van der Waals surface area contributed by atoms with E-state index < -0.39 is 10.0 Å². The average molecular weight is 290 g/mol. The van der Waals surface area contributed by atoms with Crippen LogP contribution in [0.5, 0.6) is 0 Å². The summed E-state index contributed by atoms with van der Waals surface area (Å²) in [5, 5.41) is 0. The zero-order chi connectivity index (χ0) is 13.8. The Morgan fingerprint density at radius 2 is 2.06 bits per heavy atom. The van der Waals surface area contributed by atoms with Gasteiger partial charge in [-0.2, -0.15) is 4.31 Å². The summed E-state index contributed by atoms with van der Waals surface area (Å²) in [6.07, 6.45) is 1.81. The average Bonchev–Trinajstić information content (AvgIpc) is 2.38. The summed E-state index contributed by atoms with van der Waals surface area (Å²) in [7, 11) is -1.79. The Labute approximate surface area is 115 Å². The maximum absolute atomic E-state index is 12.4. The molecular formula is C13H20ClNO2S. The molecule has 1 atom stereocenters. The molecule has 1 aromatic rings. The van der Waals surface area contributed by atoms with Gasteiger partial charge in [-0.1, -0.05) is 25.5 Å². The van der Waals surface area contributed by atoms with Crippen molar-refractivity contribution >= 4 is 21.6 Å². The highest BCUT2D eigenvalue weighted by atomic mass is 35.5. The van der Waals surface area contributed by atoms with E-state index in [-0.39, 0.29) is 6.04 Å². The molecule has 102 valence electrons. The maximum atomic E-state index is 12.4. The molecule has 1 aromatic carbocycles. The van der Waals surface area contributed by atoms with Gasteiger partial charge in [0.15, 0.2) is 0 Å². The van der Waals surface area contributed by atoms with E-state index >= 15 is 0 Å². The van der Waals surface area contributed by atoms with Gasteiger partial charge >= 0.3 is 0 Å². The number of hydrogen-bond acceptors (Lipinski definition) is 2. The van der Waals surface area contributed by atoms with Crippen molar-refractivity contribution in [3.8, 4) is 0 Å². The lowest BCUT2D eigenvalue weighted by Gasteiger charge is -2.24. The monoisotopic (exact) mass is 289 g/mol. The fraction of sp³-hybridized carbons (Fsp3) is 0.538. The molecule has 0 saturated heterocycles. The molecule has 0 amide bonds. The van der Waals surface area contributed by atoms with Gasteiger partial charge in [0.2, 0.25) is 10.0 Å². The largest absolute Gasteiger partial charge is 0.243 e. The van der Waals surface area contributed by atoms with Crippen LogP contribution in [0.4, 0.5) is 0 Å². The molecule has 0 aliphatic heterocycles. The van der Waals surface area contributed by atoms with E-state index in [1.54, 1.807) is 25.2 Å². The van der Waals surface area contributed by atoms with E-state index in [0.29, 0.717) is 10.8 Å². The number of sulfonamides is 1. The lowest BCUT2D eigenvalue weighted by Crippen LogP contribution is -2.35. The van der Waals surface area contributed by atoms with Gasteiger partial charge in [-0.15, -0.1) is 11.6 Å². The number of nitrogens with zero attached hydrogens (tertiary/aromatic N) is 1. The van der Waals surface area contributed by atoms with Crippen molar-refractivity contribution in [3.05, 3.63) is 29.8 Å². The van der Waals surface area contributed by atoms with E-state index in [4.69, 9.17) is 11.6 Å². The van der Waals surface area contributed by atoms with E-state index in [9.17, 15) is 8.42 Å². The third-order valence-electron chi connectivity index (χ3n) is 3.06. The van der Waals surface area contributed by atoms with Crippen molar-refractivity contribution in [1.82, 2.24) is 4.31 Å². The van der Waals surface area contributed by atoms with Crippen LogP contribution in [0.2, 0.25) is 0 Å². The summed E-state index contributed by atoms with van der Waals surface area (Å²) in [6.45, 7) is 3.97. The second kappa shape index (κ2) is 6.55. The Bertz CT molecular complexity index is 488. The first-order valence-electron chi connectivity index (χ1n) is 6.06. The number of benzene rings is 1. The molecule has 0 fully saturated rings. The topological polar surface area (TPSA) is 37.4 Å². The van der Waals surface area contributed by atoms with Gasteiger partial charge in [0.05, 0.1) is 4.90 Å². The lowest BCUT2D eigenvalue weighted by atomic mass is 10.2. The molecule has 0 radical (unpaired) electrons. The first-order valence-corrected chi connectivity index (χ1v) is 8.03. The molecule has 0 bridgehead atoms. The third kappa shape index (κ3) is 3.46. The molecule has 5 heteroatoms. The Morgan fingerprint density at radius 3 is 2.61 bits per heavy atom. The van der Waals surface area contributed by atoms with Gasteiger partial charge in [-0.3, -0.25) is 0 Å². The summed E-state index contributed by atoms with van der Waals surface area (Å²) in [4.78, 5) is 0.311. The Hall–Kier alpha value is -0.580. The van der Waals surface area contributed by atoms with Crippen LogP contribution in [0.3, 0.4) is 0 Å².